The maximum atomic E-state index is 12.9. The van der Waals surface area contributed by atoms with Gasteiger partial charge in [0.1, 0.15) is 5.75 Å². The number of halogens is 5. The van der Waals surface area contributed by atoms with E-state index in [0.717, 1.165) is 24.8 Å². The maximum absolute atomic E-state index is 12.9. The molecule has 1 aromatic heterocycles. The number of nitrogens with zero attached hydrogens (tertiary/aromatic N) is 4. The van der Waals surface area contributed by atoms with Gasteiger partial charge in [0, 0.05) is 38.6 Å². The average molecular weight is 497 g/mol. The van der Waals surface area contributed by atoms with Gasteiger partial charge in [0.2, 0.25) is 5.95 Å². The minimum absolute atomic E-state index is 0.178. The lowest BCUT2D eigenvalue weighted by Gasteiger charge is -2.62. The van der Waals surface area contributed by atoms with Crippen molar-refractivity contribution in [3.8, 4) is 5.75 Å². The van der Waals surface area contributed by atoms with Crippen molar-refractivity contribution in [2.75, 3.05) is 31.5 Å². The van der Waals surface area contributed by atoms with Crippen LogP contribution in [0.4, 0.5) is 27.9 Å². The highest BCUT2D eigenvalue weighted by molar-refractivity contribution is 5.95. The van der Waals surface area contributed by atoms with Gasteiger partial charge in [0.15, 0.2) is 0 Å². The zero-order chi connectivity index (χ0) is 24.8. The molecule has 3 fully saturated rings. The molecule has 2 aliphatic heterocycles. The van der Waals surface area contributed by atoms with Crippen LogP contribution in [0.15, 0.2) is 30.6 Å². The molecular weight excluding hydrogens is 473 g/mol. The molecule has 0 atom stereocenters. The van der Waals surface area contributed by atoms with Gasteiger partial charge in [-0.05, 0) is 48.4 Å². The number of anilines is 1. The molecule has 2 saturated heterocycles. The molecule has 1 N–H and O–H groups in total. The Labute approximate surface area is 198 Å². The highest BCUT2D eigenvalue weighted by Crippen LogP contribution is 2.42. The number of hydrogen-bond donors (Lipinski definition) is 1. The van der Waals surface area contributed by atoms with E-state index < -0.39 is 12.8 Å². The summed E-state index contributed by atoms with van der Waals surface area (Å²) < 4.78 is 67.3. The van der Waals surface area contributed by atoms with E-state index in [-0.39, 0.29) is 42.2 Å². The predicted octanol–water partition coefficient (Wildman–Crippen LogP) is 4.03. The highest BCUT2D eigenvalue weighted by atomic mass is 19.4. The normalized spacial score (nSPS) is 19.4. The zero-order valence-electron chi connectivity index (χ0n) is 18.7. The van der Waals surface area contributed by atoms with Crippen LogP contribution in [0.3, 0.4) is 0 Å². The first-order valence-corrected chi connectivity index (χ1v) is 11.4. The molecule has 1 aliphatic carbocycles. The Morgan fingerprint density at radius 3 is 2.46 bits per heavy atom. The van der Waals surface area contributed by atoms with Crippen molar-refractivity contribution in [3.05, 3.63) is 47.3 Å². The summed E-state index contributed by atoms with van der Waals surface area (Å²) in [5.41, 5.74) is 1.31. The van der Waals surface area contributed by atoms with Crippen molar-refractivity contribution < 1.29 is 31.5 Å². The minimum atomic E-state index is -4.77. The van der Waals surface area contributed by atoms with E-state index in [4.69, 9.17) is 0 Å². The topological polar surface area (TPSA) is 70.6 Å². The van der Waals surface area contributed by atoms with Crippen LogP contribution in [0.1, 0.15) is 46.7 Å². The van der Waals surface area contributed by atoms with Crippen LogP contribution in [0, 0.1) is 0 Å². The van der Waals surface area contributed by atoms with Crippen molar-refractivity contribution in [1.29, 1.82) is 0 Å². The fourth-order valence-corrected chi connectivity index (χ4v) is 4.80. The van der Waals surface area contributed by atoms with E-state index in [1.807, 2.05) is 6.07 Å². The first-order chi connectivity index (χ1) is 16.6. The molecule has 7 nitrogen and oxygen atoms in total. The summed E-state index contributed by atoms with van der Waals surface area (Å²) in [5, 5.41) is 2.96. The summed E-state index contributed by atoms with van der Waals surface area (Å²) in [4.78, 5) is 24.5. The molecular formula is C23H24F5N5O2. The summed E-state index contributed by atoms with van der Waals surface area (Å²) in [6, 6.07) is 4.58. The Hall–Kier alpha value is -3.02. The number of amides is 1. The van der Waals surface area contributed by atoms with Crippen molar-refractivity contribution >= 4 is 11.9 Å². The number of nitrogens with one attached hydrogen (secondary N) is 1. The van der Waals surface area contributed by atoms with E-state index >= 15 is 0 Å². The third-order valence-electron chi connectivity index (χ3n) is 6.67. The molecule has 1 spiro atoms. The lowest BCUT2D eigenvalue weighted by Crippen LogP contribution is -2.78. The zero-order valence-corrected chi connectivity index (χ0v) is 18.7. The molecule has 5 rings (SSSR count). The molecule has 0 radical (unpaired) electrons. The highest BCUT2D eigenvalue weighted by Gasteiger charge is 2.55. The molecule has 1 saturated carbocycles. The summed E-state index contributed by atoms with van der Waals surface area (Å²) in [7, 11) is 0. The van der Waals surface area contributed by atoms with E-state index in [2.05, 4.69) is 20.0 Å². The Balaban J connectivity index is 1.19. The second-order valence-corrected chi connectivity index (χ2v) is 9.37. The quantitative estimate of drug-likeness (QED) is 0.556. The van der Waals surface area contributed by atoms with Crippen LogP contribution in [0.5, 0.6) is 5.75 Å². The second-order valence-electron chi connectivity index (χ2n) is 9.37. The summed E-state index contributed by atoms with van der Waals surface area (Å²) >= 11 is 0. The number of ether oxygens (including phenoxy) is 1. The number of benzene rings is 1. The number of likely N-dealkylation sites (tertiary alicyclic amines) is 2. The molecule has 35 heavy (non-hydrogen) atoms. The Morgan fingerprint density at radius 2 is 1.89 bits per heavy atom. The standard InChI is InChI=1S/C23H24F5N5O2/c24-19(25)11-32-12-22(13-32)3-4-33(22)20(34)17-9-30-21(31-10-17)29-8-14-5-16(15-1-2-15)7-18(6-14)35-23(26,27)28/h5-7,9-10,15,19H,1-4,8,11-13H2,(H,29,30,31). The van der Waals surface area contributed by atoms with Gasteiger partial charge in [-0.1, -0.05) is 6.07 Å². The van der Waals surface area contributed by atoms with Crippen molar-refractivity contribution in [2.45, 2.75) is 50.1 Å². The fraction of sp³-hybridized carbons (Fsp3) is 0.522. The van der Waals surface area contributed by atoms with Gasteiger partial charge < -0.3 is 15.0 Å². The molecule has 0 unspecified atom stereocenters. The third-order valence-corrected chi connectivity index (χ3v) is 6.67. The van der Waals surface area contributed by atoms with Crippen LogP contribution in [0.25, 0.3) is 0 Å². The van der Waals surface area contributed by atoms with Crippen LogP contribution in [0.2, 0.25) is 0 Å². The van der Waals surface area contributed by atoms with E-state index in [1.54, 1.807) is 9.80 Å². The molecule has 3 heterocycles. The van der Waals surface area contributed by atoms with Gasteiger partial charge in [-0.3, -0.25) is 9.69 Å². The first kappa shape index (κ1) is 23.7. The van der Waals surface area contributed by atoms with Crippen LogP contribution in [-0.2, 0) is 6.54 Å². The van der Waals surface area contributed by atoms with Gasteiger partial charge in [0.25, 0.3) is 12.3 Å². The van der Waals surface area contributed by atoms with Gasteiger partial charge >= 0.3 is 6.36 Å². The summed E-state index contributed by atoms with van der Waals surface area (Å²) in [6.45, 7) is 1.31. The van der Waals surface area contributed by atoms with E-state index in [0.29, 0.717) is 30.8 Å². The Bertz CT molecular complexity index is 1080. The monoisotopic (exact) mass is 497 g/mol. The van der Waals surface area contributed by atoms with Gasteiger partial charge in [-0.2, -0.15) is 0 Å². The average Bonchev–Trinajstić information content (AvgIpc) is 3.58. The second kappa shape index (κ2) is 8.89. The van der Waals surface area contributed by atoms with Gasteiger partial charge in [-0.25, -0.2) is 18.7 Å². The molecule has 0 bridgehead atoms. The van der Waals surface area contributed by atoms with E-state index in [9.17, 15) is 26.7 Å². The molecule has 1 aromatic carbocycles. The minimum Gasteiger partial charge on any atom is -0.406 e. The summed E-state index contributed by atoms with van der Waals surface area (Å²) in [5.74, 6) is -0.0329. The van der Waals surface area contributed by atoms with Crippen molar-refractivity contribution in [3.63, 3.8) is 0 Å². The van der Waals surface area contributed by atoms with Crippen molar-refractivity contribution in [1.82, 2.24) is 19.8 Å². The van der Waals surface area contributed by atoms with E-state index in [1.165, 1.54) is 24.5 Å². The number of carbonyl (C=O) groups is 1. The molecule has 12 heteroatoms. The lowest BCUT2D eigenvalue weighted by molar-refractivity contribution is -0.274. The number of rotatable bonds is 8. The molecule has 2 aromatic rings. The first-order valence-electron chi connectivity index (χ1n) is 11.4. The molecule has 1 amide bonds. The number of carbonyl (C=O) groups excluding carboxylic acids is 1. The summed E-state index contributed by atoms with van der Waals surface area (Å²) in [6.07, 6.45) is -1.75. The number of alkyl halides is 5. The van der Waals surface area contributed by atoms with Crippen LogP contribution in [-0.4, -0.2) is 70.2 Å². The predicted molar refractivity (Wildman–Crippen MR) is 115 cm³/mol. The number of aromatic nitrogens is 2. The fourth-order valence-electron chi connectivity index (χ4n) is 4.80. The smallest absolute Gasteiger partial charge is 0.406 e. The Kier molecular flexibility index (Phi) is 6.02. The third kappa shape index (κ3) is 5.31. The van der Waals surface area contributed by atoms with Gasteiger partial charge in [-0.15, -0.1) is 13.2 Å². The Morgan fingerprint density at radius 1 is 1.17 bits per heavy atom. The largest absolute Gasteiger partial charge is 0.573 e. The van der Waals surface area contributed by atoms with Crippen LogP contribution < -0.4 is 10.1 Å². The molecule has 3 aliphatic rings. The van der Waals surface area contributed by atoms with Crippen LogP contribution >= 0.6 is 0 Å². The number of hydrogen-bond acceptors (Lipinski definition) is 6. The lowest BCUT2D eigenvalue weighted by atomic mass is 9.77. The SMILES string of the molecule is O=C(c1cnc(NCc2cc(OC(F)(F)F)cc(C3CC3)c2)nc1)N1CCC12CN(CC(F)F)C2. The molecule has 188 valence electrons. The maximum Gasteiger partial charge on any atom is 0.573 e. The van der Waals surface area contributed by atoms with Crippen molar-refractivity contribution in [2.24, 2.45) is 0 Å². The van der Waals surface area contributed by atoms with Gasteiger partial charge in [0.05, 0.1) is 17.6 Å².